The van der Waals surface area contributed by atoms with Gasteiger partial charge in [0.05, 0.1) is 0 Å². The van der Waals surface area contributed by atoms with Gasteiger partial charge in [0.2, 0.25) is 0 Å². The van der Waals surface area contributed by atoms with E-state index >= 15 is 0 Å². The van der Waals surface area contributed by atoms with Gasteiger partial charge in [0.25, 0.3) is 0 Å². The Bertz CT molecular complexity index is 173. The van der Waals surface area contributed by atoms with Crippen LogP contribution in [-0.2, 0) is 14.7 Å². The Labute approximate surface area is 98.4 Å². The molecule has 1 aliphatic rings. The molecule has 0 nitrogen and oxygen atoms in total. The first-order chi connectivity index (χ1) is 6.16. The van der Waals surface area contributed by atoms with E-state index in [2.05, 4.69) is 31.6 Å². The summed E-state index contributed by atoms with van der Waals surface area (Å²) in [4.78, 5) is 0. The zero-order valence-corrected chi connectivity index (χ0v) is 11.4. The molecule has 0 saturated carbocycles. The average Bonchev–Trinajstić information content (AvgIpc) is 2.51. The van der Waals surface area contributed by atoms with Crippen molar-refractivity contribution < 1.29 is 14.7 Å². The number of halogens is 3. The molecule has 0 aromatic rings. The molecular formula is C9H13Cl3Ti. The molecule has 0 spiro atoms. The van der Waals surface area contributed by atoms with Crippen molar-refractivity contribution in [1.29, 1.82) is 0 Å². The maximum atomic E-state index is 4.97. The van der Waals surface area contributed by atoms with Gasteiger partial charge in [-0.3, -0.25) is 0 Å². The maximum absolute atomic E-state index is 4.97. The van der Waals surface area contributed by atoms with E-state index in [4.69, 9.17) is 27.9 Å². The molecule has 0 aromatic carbocycles. The second-order valence-electron chi connectivity index (χ2n) is 2.61. The van der Waals surface area contributed by atoms with Gasteiger partial charge < -0.3 is 0 Å². The van der Waals surface area contributed by atoms with E-state index < -0.39 is 14.7 Å². The molecule has 0 amide bonds. The molecule has 1 rings (SSSR count). The van der Waals surface area contributed by atoms with E-state index in [9.17, 15) is 0 Å². The Hall–Kier alpha value is 1.06. The minimum absolute atomic E-state index is 1.25. The molecule has 1 aliphatic carbocycles. The molecule has 13 heavy (non-hydrogen) atoms. The van der Waals surface area contributed by atoms with E-state index in [1.807, 2.05) is 0 Å². The van der Waals surface area contributed by atoms with Crippen molar-refractivity contribution in [2.45, 2.75) is 26.2 Å². The van der Waals surface area contributed by atoms with Crippen molar-refractivity contribution in [2.24, 2.45) is 0 Å². The molecule has 0 N–H and O–H groups in total. The van der Waals surface area contributed by atoms with Crippen LogP contribution in [-0.4, -0.2) is 0 Å². The minimum atomic E-state index is -1.92. The Morgan fingerprint density at radius 1 is 1.23 bits per heavy atom. The summed E-state index contributed by atoms with van der Waals surface area (Å²) >= 11 is -1.92. The summed E-state index contributed by atoms with van der Waals surface area (Å²) < 4.78 is 0. The molecule has 0 bridgehead atoms. The molecule has 0 heterocycles. The van der Waals surface area contributed by atoms with Crippen LogP contribution in [0.3, 0.4) is 0 Å². The van der Waals surface area contributed by atoms with Crippen LogP contribution in [0.4, 0.5) is 0 Å². The van der Waals surface area contributed by atoms with Crippen LogP contribution in [0.2, 0.25) is 0 Å². The third-order valence-corrected chi connectivity index (χ3v) is 1.55. The van der Waals surface area contributed by atoms with Crippen molar-refractivity contribution in [2.75, 3.05) is 0 Å². The molecule has 0 aliphatic heterocycles. The molecule has 0 fully saturated rings. The van der Waals surface area contributed by atoms with E-state index in [1.165, 1.54) is 24.8 Å². The summed E-state index contributed by atoms with van der Waals surface area (Å²) in [7, 11) is 14.9. The zero-order valence-electron chi connectivity index (χ0n) is 7.56. The fourth-order valence-electron chi connectivity index (χ4n) is 0.961. The second kappa shape index (κ2) is 9.61. The zero-order chi connectivity index (χ0) is 10.1. The van der Waals surface area contributed by atoms with E-state index in [0.29, 0.717) is 0 Å². The van der Waals surface area contributed by atoms with Crippen LogP contribution in [0.5, 0.6) is 0 Å². The standard InChI is InChI=1S/C9H13.3ClH.Ti/c1-2-3-6-9-7-4-5-8-9;;;;/h4-5,7-8H,2-3,6H2,1H3;3*1H;/q;;;;+3/p-3. The van der Waals surface area contributed by atoms with Crippen LogP contribution in [0, 0.1) is 6.42 Å². The van der Waals surface area contributed by atoms with Gasteiger partial charge in [-0.15, -0.1) is 0 Å². The predicted molar refractivity (Wildman–Crippen MR) is 58.6 cm³/mol. The van der Waals surface area contributed by atoms with Gasteiger partial charge in [-0.25, -0.2) is 0 Å². The summed E-state index contributed by atoms with van der Waals surface area (Å²) in [5.74, 6) is 0. The Morgan fingerprint density at radius 2 is 1.85 bits per heavy atom. The summed E-state index contributed by atoms with van der Waals surface area (Å²) in [5, 5.41) is 0. The van der Waals surface area contributed by atoms with Crippen LogP contribution in [0.15, 0.2) is 23.8 Å². The molecule has 0 unspecified atom stereocenters. The van der Waals surface area contributed by atoms with Crippen LogP contribution >= 0.6 is 27.9 Å². The normalized spacial score (nSPS) is 13.4. The van der Waals surface area contributed by atoms with Gasteiger partial charge in [0.1, 0.15) is 0 Å². The summed E-state index contributed by atoms with van der Waals surface area (Å²) in [6, 6.07) is 0. The number of allylic oxidation sites excluding steroid dienone is 4. The predicted octanol–water partition coefficient (Wildman–Crippen LogP) is 4.94. The van der Waals surface area contributed by atoms with Crippen LogP contribution < -0.4 is 0 Å². The summed E-state index contributed by atoms with van der Waals surface area (Å²) in [6.07, 6.45) is 12.5. The second-order valence-corrected chi connectivity index (χ2v) is 10.3. The van der Waals surface area contributed by atoms with Gasteiger partial charge in [0, 0.05) is 6.42 Å². The fourth-order valence-corrected chi connectivity index (χ4v) is 0.961. The van der Waals surface area contributed by atoms with E-state index in [1.54, 1.807) is 0 Å². The van der Waals surface area contributed by atoms with Gasteiger partial charge in [-0.05, 0) is 12.8 Å². The monoisotopic (exact) mass is 274 g/mol. The quantitative estimate of drug-likeness (QED) is 0.640. The molecule has 0 saturated heterocycles. The molecule has 0 aromatic heterocycles. The molecule has 0 atom stereocenters. The molecule has 74 valence electrons. The SMILES string of the molecule is CCCCC1=CC=C[CH]1.[Cl][Ti]([Cl])[Cl]. The Kier molecular flexibility index (Phi) is 10.4. The first-order valence-electron chi connectivity index (χ1n) is 4.20. The van der Waals surface area contributed by atoms with Crippen molar-refractivity contribution in [1.82, 2.24) is 0 Å². The van der Waals surface area contributed by atoms with Crippen LogP contribution in [0.1, 0.15) is 26.2 Å². The number of rotatable bonds is 3. The van der Waals surface area contributed by atoms with Crippen molar-refractivity contribution >= 4 is 27.9 Å². The molecular weight excluding hydrogens is 262 g/mol. The molecule has 4 heteroatoms. The van der Waals surface area contributed by atoms with Gasteiger partial charge in [-0.2, -0.15) is 0 Å². The van der Waals surface area contributed by atoms with Crippen molar-refractivity contribution in [3.8, 4) is 0 Å². The Balaban J connectivity index is 0.000000310. The van der Waals surface area contributed by atoms with E-state index in [0.717, 1.165) is 0 Å². The molecule has 1 radical (unpaired) electrons. The topological polar surface area (TPSA) is 0 Å². The number of hydrogen-bond donors (Lipinski definition) is 0. The van der Waals surface area contributed by atoms with Crippen molar-refractivity contribution in [3.05, 3.63) is 30.2 Å². The first-order valence-corrected chi connectivity index (χ1v) is 10.7. The van der Waals surface area contributed by atoms with Crippen LogP contribution in [0.25, 0.3) is 0 Å². The first kappa shape index (κ1) is 14.1. The average molecular weight is 275 g/mol. The van der Waals surface area contributed by atoms with E-state index in [-0.39, 0.29) is 0 Å². The Morgan fingerprint density at radius 3 is 2.23 bits per heavy atom. The third-order valence-electron chi connectivity index (χ3n) is 1.55. The number of unbranched alkanes of at least 4 members (excludes halogenated alkanes) is 1. The summed E-state index contributed by atoms with van der Waals surface area (Å²) in [5.41, 5.74) is 1.48. The fraction of sp³-hybridized carbons (Fsp3) is 0.444. The van der Waals surface area contributed by atoms with Gasteiger partial charge in [0.15, 0.2) is 0 Å². The van der Waals surface area contributed by atoms with Gasteiger partial charge in [-0.1, -0.05) is 37.1 Å². The van der Waals surface area contributed by atoms with Gasteiger partial charge >= 0.3 is 42.6 Å². The van der Waals surface area contributed by atoms with Crippen molar-refractivity contribution in [3.63, 3.8) is 0 Å². The third kappa shape index (κ3) is 11.0. The number of hydrogen-bond acceptors (Lipinski definition) is 0. The summed E-state index contributed by atoms with van der Waals surface area (Å²) in [6.45, 7) is 2.23.